The number of anilines is 1. The minimum atomic E-state index is -4.50. The standard InChI is InChI=1S/C10H8N4O3S.K/c11-5-7(6-12)10(13)14-8-1-3-9(4-2-8)18(15,16)17;/h1-4,14H,13H2,(H,15,16,17);/q;+1/p-1. The van der Waals surface area contributed by atoms with Crippen LogP contribution >= 0.6 is 0 Å². The first-order valence-corrected chi connectivity index (χ1v) is 5.92. The molecule has 0 saturated heterocycles. The number of benzene rings is 1. The summed E-state index contributed by atoms with van der Waals surface area (Å²) in [5.41, 5.74) is 5.49. The van der Waals surface area contributed by atoms with E-state index >= 15 is 0 Å². The molecule has 0 heterocycles. The van der Waals surface area contributed by atoms with Crippen molar-refractivity contribution in [3.63, 3.8) is 0 Å². The summed E-state index contributed by atoms with van der Waals surface area (Å²) in [6.07, 6.45) is 0. The number of nitrogens with zero attached hydrogens (tertiary/aromatic N) is 2. The van der Waals surface area contributed by atoms with Crippen molar-refractivity contribution in [2.75, 3.05) is 5.32 Å². The molecule has 1 rings (SSSR count). The van der Waals surface area contributed by atoms with Crippen LogP contribution in [0, 0.1) is 22.7 Å². The van der Waals surface area contributed by atoms with E-state index in [4.69, 9.17) is 16.3 Å². The molecule has 1 aromatic rings. The van der Waals surface area contributed by atoms with E-state index < -0.39 is 10.1 Å². The Morgan fingerprint density at radius 1 is 1.21 bits per heavy atom. The fourth-order valence-electron chi connectivity index (χ4n) is 1.07. The maximum absolute atomic E-state index is 10.7. The van der Waals surface area contributed by atoms with Crippen LogP contribution in [0.25, 0.3) is 0 Å². The summed E-state index contributed by atoms with van der Waals surface area (Å²) in [4.78, 5) is -0.378. The number of allylic oxidation sites excluding steroid dienone is 1. The Hall–Kier alpha value is -0.914. The molecule has 0 saturated carbocycles. The van der Waals surface area contributed by atoms with Crippen LogP contribution in [-0.2, 0) is 10.1 Å². The normalized spacial score (nSPS) is 9.42. The van der Waals surface area contributed by atoms with Crippen molar-refractivity contribution in [3.8, 4) is 12.1 Å². The molecule has 0 spiro atoms. The van der Waals surface area contributed by atoms with Crippen molar-refractivity contribution in [2.24, 2.45) is 5.73 Å². The first kappa shape index (κ1) is 18.1. The zero-order valence-electron chi connectivity index (χ0n) is 9.91. The van der Waals surface area contributed by atoms with Crippen LogP contribution in [0.2, 0.25) is 0 Å². The van der Waals surface area contributed by atoms with Crippen molar-refractivity contribution in [1.82, 2.24) is 0 Å². The van der Waals surface area contributed by atoms with Gasteiger partial charge in [0.2, 0.25) is 0 Å². The van der Waals surface area contributed by atoms with E-state index in [2.05, 4.69) is 5.32 Å². The van der Waals surface area contributed by atoms with Gasteiger partial charge in [-0.15, -0.1) is 0 Å². The fraction of sp³-hybridized carbons (Fsp3) is 0. The number of hydrogen-bond acceptors (Lipinski definition) is 7. The molecule has 0 unspecified atom stereocenters. The van der Waals surface area contributed by atoms with Crippen LogP contribution in [-0.4, -0.2) is 13.0 Å². The molecule has 9 heteroatoms. The maximum atomic E-state index is 10.7. The van der Waals surface area contributed by atoms with Gasteiger partial charge in [0.1, 0.15) is 28.1 Å². The molecule has 0 bridgehead atoms. The Bertz CT molecular complexity index is 652. The third-order valence-electron chi connectivity index (χ3n) is 1.91. The fourth-order valence-corrected chi connectivity index (χ4v) is 1.54. The molecule has 0 radical (unpaired) electrons. The van der Waals surface area contributed by atoms with Gasteiger partial charge < -0.3 is 15.6 Å². The number of nitrogens with two attached hydrogens (primary N) is 1. The Labute approximate surface area is 152 Å². The van der Waals surface area contributed by atoms with Crippen LogP contribution < -0.4 is 62.4 Å². The van der Waals surface area contributed by atoms with Gasteiger partial charge in [-0.25, -0.2) is 8.42 Å². The smallest absolute Gasteiger partial charge is 0.744 e. The van der Waals surface area contributed by atoms with E-state index in [1.165, 1.54) is 12.1 Å². The summed E-state index contributed by atoms with van der Waals surface area (Å²) < 4.78 is 32.0. The Morgan fingerprint density at radius 3 is 2.05 bits per heavy atom. The van der Waals surface area contributed by atoms with Gasteiger partial charge in [-0.3, -0.25) is 0 Å². The quantitative estimate of drug-likeness (QED) is 0.349. The molecular weight excluding hydrogens is 295 g/mol. The molecule has 7 nitrogen and oxygen atoms in total. The van der Waals surface area contributed by atoms with Gasteiger partial charge in [-0.1, -0.05) is 0 Å². The van der Waals surface area contributed by atoms with Crippen LogP contribution in [0.15, 0.2) is 40.6 Å². The summed E-state index contributed by atoms with van der Waals surface area (Å²) in [7, 11) is -4.50. The van der Waals surface area contributed by atoms with Gasteiger partial charge in [-0.05, 0) is 24.3 Å². The summed E-state index contributed by atoms with van der Waals surface area (Å²) in [6, 6.07) is 7.96. The molecule has 0 aliphatic heterocycles. The largest absolute Gasteiger partial charge is 1.00 e. The zero-order chi connectivity index (χ0) is 13.8. The first-order valence-electron chi connectivity index (χ1n) is 4.51. The van der Waals surface area contributed by atoms with E-state index in [-0.39, 0.29) is 67.7 Å². The SMILES string of the molecule is N#CC(C#N)=C(N)Nc1ccc(S(=O)(=O)[O-])cc1.[K+]. The van der Waals surface area contributed by atoms with E-state index in [1.807, 2.05) is 0 Å². The molecule has 0 aliphatic carbocycles. The topological polar surface area (TPSA) is 143 Å². The van der Waals surface area contributed by atoms with E-state index in [9.17, 15) is 13.0 Å². The van der Waals surface area contributed by atoms with Gasteiger partial charge in [0, 0.05) is 5.69 Å². The predicted molar refractivity (Wildman–Crippen MR) is 60.5 cm³/mol. The zero-order valence-corrected chi connectivity index (χ0v) is 13.9. The Kier molecular flexibility index (Phi) is 7.25. The minimum Gasteiger partial charge on any atom is -0.744 e. The number of hydrogen-bond donors (Lipinski definition) is 2. The van der Waals surface area contributed by atoms with Crippen LogP contribution in [0.3, 0.4) is 0 Å². The van der Waals surface area contributed by atoms with Crippen LogP contribution in [0.5, 0.6) is 0 Å². The second kappa shape index (κ2) is 7.62. The molecule has 92 valence electrons. The van der Waals surface area contributed by atoms with E-state index in [0.29, 0.717) is 5.69 Å². The molecular formula is C10H7KN4O3S. The number of nitriles is 2. The third-order valence-corrected chi connectivity index (χ3v) is 2.76. The van der Waals surface area contributed by atoms with Gasteiger partial charge in [0.15, 0.2) is 5.57 Å². The van der Waals surface area contributed by atoms with E-state index in [1.54, 1.807) is 12.1 Å². The van der Waals surface area contributed by atoms with Crippen LogP contribution in [0.4, 0.5) is 5.69 Å². The van der Waals surface area contributed by atoms with Crippen LogP contribution in [0.1, 0.15) is 0 Å². The van der Waals surface area contributed by atoms with Gasteiger partial charge in [0.05, 0.1) is 4.90 Å². The molecule has 0 amide bonds. The van der Waals surface area contributed by atoms with Crippen molar-refractivity contribution in [1.29, 1.82) is 10.5 Å². The summed E-state index contributed by atoms with van der Waals surface area (Å²) in [5, 5.41) is 19.6. The van der Waals surface area contributed by atoms with Crippen molar-refractivity contribution >= 4 is 15.8 Å². The molecule has 1 aromatic carbocycles. The monoisotopic (exact) mass is 302 g/mol. The van der Waals surface area contributed by atoms with Gasteiger partial charge in [-0.2, -0.15) is 10.5 Å². The number of rotatable bonds is 3. The van der Waals surface area contributed by atoms with Gasteiger partial charge >= 0.3 is 51.4 Å². The number of nitrogens with one attached hydrogen (secondary N) is 1. The first-order chi connectivity index (χ1) is 8.38. The summed E-state index contributed by atoms with van der Waals surface area (Å²) in [5.74, 6) is -0.155. The van der Waals surface area contributed by atoms with Gasteiger partial charge in [0.25, 0.3) is 0 Å². The second-order valence-electron chi connectivity index (χ2n) is 3.12. The second-order valence-corrected chi connectivity index (χ2v) is 4.50. The molecule has 3 N–H and O–H groups in total. The van der Waals surface area contributed by atoms with Crippen molar-refractivity contribution < 1.29 is 64.4 Å². The van der Waals surface area contributed by atoms with Crippen molar-refractivity contribution in [3.05, 3.63) is 35.7 Å². The Morgan fingerprint density at radius 2 is 1.68 bits per heavy atom. The predicted octanol–water partition coefficient (Wildman–Crippen LogP) is -2.78. The Balaban J connectivity index is 0.00000324. The van der Waals surface area contributed by atoms with Crippen molar-refractivity contribution in [2.45, 2.75) is 4.90 Å². The average molecular weight is 302 g/mol. The van der Waals surface area contributed by atoms with E-state index in [0.717, 1.165) is 12.1 Å². The molecule has 0 fully saturated rings. The maximum Gasteiger partial charge on any atom is 1.00 e. The molecule has 0 atom stereocenters. The summed E-state index contributed by atoms with van der Waals surface area (Å²) in [6.45, 7) is 0. The molecule has 0 aliphatic rings. The molecule has 19 heavy (non-hydrogen) atoms. The average Bonchev–Trinajstić information content (AvgIpc) is 2.30. The third kappa shape index (κ3) is 5.30. The molecule has 0 aromatic heterocycles. The summed E-state index contributed by atoms with van der Waals surface area (Å²) >= 11 is 0. The minimum absolute atomic E-state index is 0.